The fraction of sp³-hybridized carbons (Fsp3) is 0.0417. The van der Waals surface area contributed by atoms with Gasteiger partial charge in [-0.3, -0.25) is 4.79 Å². The zero-order valence-electron chi connectivity index (χ0n) is 16.3. The number of benzene rings is 3. The maximum absolute atomic E-state index is 12.4. The molecule has 0 unspecified atom stereocenters. The van der Waals surface area contributed by atoms with Gasteiger partial charge in [-0.1, -0.05) is 78.0 Å². The first-order valence-electron chi connectivity index (χ1n) is 9.69. The Morgan fingerprint density at radius 1 is 1.03 bits per heavy atom. The molecule has 0 atom stereocenters. The van der Waals surface area contributed by atoms with Crippen LogP contribution >= 0.6 is 23.4 Å². The number of carbonyl (C=O) groups excluding carboxylic acids is 1. The van der Waals surface area contributed by atoms with Crippen molar-refractivity contribution < 1.29 is 4.79 Å². The summed E-state index contributed by atoms with van der Waals surface area (Å²) < 4.78 is 1.80. The third kappa shape index (κ3) is 4.00. The van der Waals surface area contributed by atoms with Gasteiger partial charge in [0.25, 0.3) is 0 Å². The summed E-state index contributed by atoms with van der Waals surface area (Å²) in [6.07, 6.45) is 3.51. The summed E-state index contributed by atoms with van der Waals surface area (Å²) in [5, 5.41) is 11.2. The van der Waals surface area contributed by atoms with Crippen LogP contribution in [0.4, 0.5) is 5.69 Å². The van der Waals surface area contributed by atoms with Crippen LogP contribution in [0.2, 0.25) is 5.02 Å². The van der Waals surface area contributed by atoms with Crippen LogP contribution in [0, 0.1) is 0 Å². The Labute approximate surface area is 188 Å². The molecule has 0 bridgehead atoms. The van der Waals surface area contributed by atoms with E-state index in [1.165, 1.54) is 17.1 Å². The second kappa shape index (κ2) is 8.41. The summed E-state index contributed by atoms with van der Waals surface area (Å²) in [6.45, 7) is 0. The maximum Gasteiger partial charge on any atom is 0.234 e. The van der Waals surface area contributed by atoms with E-state index in [0.717, 1.165) is 27.2 Å². The number of amides is 1. The molecule has 7 heteroatoms. The molecule has 1 N–H and O–H groups in total. The Bertz CT molecular complexity index is 1410. The number of halogens is 1. The quantitative estimate of drug-likeness (QED) is 0.341. The van der Waals surface area contributed by atoms with Gasteiger partial charge in [-0.15, -0.1) is 0 Å². The van der Waals surface area contributed by atoms with Crippen LogP contribution in [0.5, 0.6) is 0 Å². The van der Waals surface area contributed by atoms with Gasteiger partial charge in [0.1, 0.15) is 5.03 Å². The number of hydrogen-bond acceptors (Lipinski definition) is 4. The molecule has 0 fully saturated rings. The van der Waals surface area contributed by atoms with Crippen LogP contribution in [-0.2, 0) is 4.79 Å². The molecule has 5 nitrogen and oxygen atoms in total. The number of thioether (sulfide) groups is 1. The van der Waals surface area contributed by atoms with Gasteiger partial charge in [-0.2, -0.15) is 5.10 Å². The molecule has 0 radical (unpaired) electrons. The number of fused-ring (bicyclic) bond motifs is 2. The molecule has 3 aromatic carbocycles. The molecule has 0 aliphatic heterocycles. The normalized spacial score (nSPS) is 11.1. The molecule has 0 saturated carbocycles. The van der Waals surface area contributed by atoms with E-state index in [1.807, 2.05) is 42.6 Å². The Morgan fingerprint density at radius 3 is 2.74 bits per heavy atom. The van der Waals surface area contributed by atoms with E-state index in [-0.39, 0.29) is 11.7 Å². The highest BCUT2D eigenvalue weighted by atomic mass is 35.5. The van der Waals surface area contributed by atoms with Crippen molar-refractivity contribution in [3.63, 3.8) is 0 Å². The van der Waals surface area contributed by atoms with Crippen LogP contribution in [0.15, 0.2) is 90.2 Å². The molecule has 5 rings (SSSR count). The van der Waals surface area contributed by atoms with E-state index in [9.17, 15) is 4.79 Å². The first kappa shape index (κ1) is 19.6. The van der Waals surface area contributed by atoms with Crippen molar-refractivity contribution in [1.29, 1.82) is 0 Å². The second-order valence-corrected chi connectivity index (χ2v) is 8.31. The highest BCUT2D eigenvalue weighted by Crippen LogP contribution is 2.31. The average Bonchev–Trinajstić information content (AvgIpc) is 3.23. The molecule has 31 heavy (non-hydrogen) atoms. The van der Waals surface area contributed by atoms with Crippen molar-refractivity contribution in [2.24, 2.45) is 0 Å². The predicted octanol–water partition coefficient (Wildman–Crippen LogP) is 5.93. The molecule has 152 valence electrons. The van der Waals surface area contributed by atoms with Crippen molar-refractivity contribution in [2.75, 3.05) is 11.1 Å². The van der Waals surface area contributed by atoms with Crippen LogP contribution in [-0.4, -0.2) is 26.3 Å². The summed E-state index contributed by atoms with van der Waals surface area (Å²) in [5.74, 6) is 0.0721. The molecule has 0 aliphatic rings. The summed E-state index contributed by atoms with van der Waals surface area (Å²) in [4.78, 5) is 16.9. The summed E-state index contributed by atoms with van der Waals surface area (Å²) in [5.41, 5.74) is 3.39. The predicted molar refractivity (Wildman–Crippen MR) is 127 cm³/mol. The molecule has 2 heterocycles. The molecular formula is C24H17ClN4OS. The van der Waals surface area contributed by atoms with Crippen LogP contribution in [0.3, 0.4) is 0 Å². The van der Waals surface area contributed by atoms with E-state index in [0.29, 0.717) is 10.7 Å². The van der Waals surface area contributed by atoms with Gasteiger partial charge < -0.3 is 5.32 Å². The molecule has 1 amide bonds. The van der Waals surface area contributed by atoms with Gasteiger partial charge in [0.2, 0.25) is 5.91 Å². The molecule has 5 aromatic rings. The molecule has 0 spiro atoms. The number of aromatic nitrogens is 3. The fourth-order valence-corrected chi connectivity index (χ4v) is 4.43. The number of carbonyl (C=O) groups is 1. The summed E-state index contributed by atoms with van der Waals surface area (Å²) in [6, 6.07) is 23.6. The lowest BCUT2D eigenvalue weighted by atomic mass is 10.0. The first-order valence-corrected chi connectivity index (χ1v) is 11.0. The van der Waals surface area contributed by atoms with Gasteiger partial charge >= 0.3 is 0 Å². The Morgan fingerprint density at radius 2 is 1.84 bits per heavy atom. The second-order valence-electron chi connectivity index (χ2n) is 6.94. The van der Waals surface area contributed by atoms with Gasteiger partial charge in [-0.25, -0.2) is 9.50 Å². The Balaban J connectivity index is 1.41. The minimum absolute atomic E-state index is 0.143. The topological polar surface area (TPSA) is 59.3 Å². The largest absolute Gasteiger partial charge is 0.324 e. The lowest BCUT2D eigenvalue weighted by Gasteiger charge is -2.07. The zero-order valence-corrected chi connectivity index (χ0v) is 17.9. The van der Waals surface area contributed by atoms with Crippen LogP contribution in [0.25, 0.3) is 27.5 Å². The number of anilines is 1. The van der Waals surface area contributed by atoms with Crippen molar-refractivity contribution in [3.05, 3.63) is 90.2 Å². The van der Waals surface area contributed by atoms with E-state index < -0.39 is 0 Å². The smallest absolute Gasteiger partial charge is 0.234 e. The number of rotatable bonds is 5. The zero-order chi connectivity index (χ0) is 21.2. The van der Waals surface area contributed by atoms with Gasteiger partial charge in [0.05, 0.1) is 27.7 Å². The minimum Gasteiger partial charge on any atom is -0.324 e. The lowest BCUT2D eigenvalue weighted by molar-refractivity contribution is -0.113. The van der Waals surface area contributed by atoms with E-state index in [4.69, 9.17) is 16.7 Å². The fourth-order valence-electron chi connectivity index (χ4n) is 3.47. The number of nitrogens with one attached hydrogen (secondary N) is 1. The standard InChI is InChI=1S/C24H17ClN4OS/c25-19-10-3-4-11-20(19)27-23(30)15-31-24-22-14-21(28-29(22)13-12-26-24)18-9-5-7-16-6-1-2-8-17(16)18/h1-14H,15H2,(H,27,30). The first-order chi connectivity index (χ1) is 15.2. The van der Waals surface area contributed by atoms with E-state index >= 15 is 0 Å². The number of hydrogen-bond donors (Lipinski definition) is 1. The van der Waals surface area contributed by atoms with Gasteiger partial charge in [0.15, 0.2) is 0 Å². The van der Waals surface area contributed by atoms with Gasteiger partial charge in [0, 0.05) is 18.0 Å². The van der Waals surface area contributed by atoms with Gasteiger partial charge in [-0.05, 0) is 29.0 Å². The molecular weight excluding hydrogens is 428 g/mol. The van der Waals surface area contributed by atoms with E-state index in [2.05, 4.69) is 34.6 Å². The monoisotopic (exact) mass is 444 g/mol. The maximum atomic E-state index is 12.4. The third-order valence-electron chi connectivity index (χ3n) is 4.91. The average molecular weight is 445 g/mol. The highest BCUT2D eigenvalue weighted by molar-refractivity contribution is 8.00. The van der Waals surface area contributed by atoms with Crippen molar-refractivity contribution >= 4 is 51.2 Å². The molecule has 2 aromatic heterocycles. The van der Waals surface area contributed by atoms with Crippen molar-refractivity contribution in [1.82, 2.24) is 14.6 Å². The van der Waals surface area contributed by atoms with Crippen molar-refractivity contribution in [2.45, 2.75) is 5.03 Å². The SMILES string of the molecule is O=C(CSc1nccn2nc(-c3cccc4ccccc34)cc12)Nc1ccccc1Cl. The van der Waals surface area contributed by atoms with Crippen LogP contribution in [0.1, 0.15) is 0 Å². The number of para-hydroxylation sites is 1. The van der Waals surface area contributed by atoms with Crippen LogP contribution < -0.4 is 5.32 Å². The molecule has 0 saturated heterocycles. The highest BCUT2D eigenvalue weighted by Gasteiger charge is 2.13. The third-order valence-corrected chi connectivity index (χ3v) is 6.23. The van der Waals surface area contributed by atoms with E-state index in [1.54, 1.807) is 22.8 Å². The lowest BCUT2D eigenvalue weighted by Crippen LogP contribution is -2.14. The Hall–Kier alpha value is -3.35. The minimum atomic E-state index is -0.143. The Kier molecular flexibility index (Phi) is 5.32. The summed E-state index contributed by atoms with van der Waals surface area (Å²) >= 11 is 7.49. The number of nitrogens with zero attached hydrogens (tertiary/aromatic N) is 3. The van der Waals surface area contributed by atoms with Crippen molar-refractivity contribution in [3.8, 4) is 11.3 Å². The molecule has 0 aliphatic carbocycles. The summed E-state index contributed by atoms with van der Waals surface area (Å²) in [7, 11) is 0.